The lowest BCUT2D eigenvalue weighted by atomic mass is 9.99. The number of carboxylic acid groups (broad SMARTS) is 1. The minimum atomic E-state index is -3.95. The van der Waals surface area contributed by atoms with Gasteiger partial charge in [0.2, 0.25) is 10.0 Å². The lowest BCUT2D eigenvalue weighted by Crippen LogP contribution is -2.43. The third kappa shape index (κ3) is 4.39. The van der Waals surface area contributed by atoms with Gasteiger partial charge in [-0.1, -0.05) is 35.4 Å². The molecule has 0 aliphatic rings. The Morgan fingerprint density at radius 1 is 1.16 bits per heavy atom. The number of likely N-dealkylation sites (N-methyl/N-ethyl adjacent to an activating group) is 1. The van der Waals surface area contributed by atoms with E-state index in [2.05, 4.69) is 0 Å². The number of carbonyl (C=O) groups is 1. The SMILES string of the molecule is Cc1ccc(CC(C(=O)O)N(C)S(=O)(=O)c2ccc(Cl)cc2)c(C)c1. The Morgan fingerprint density at radius 3 is 2.28 bits per heavy atom. The highest BCUT2D eigenvalue weighted by Gasteiger charge is 2.33. The Labute approximate surface area is 152 Å². The number of nitrogens with zero attached hydrogens (tertiary/aromatic N) is 1. The molecule has 0 aromatic heterocycles. The van der Waals surface area contributed by atoms with Gasteiger partial charge in [0, 0.05) is 12.1 Å². The largest absolute Gasteiger partial charge is 0.480 e. The molecule has 1 N–H and O–H groups in total. The first-order chi connectivity index (χ1) is 11.6. The smallest absolute Gasteiger partial charge is 0.322 e. The van der Waals surface area contributed by atoms with Crippen LogP contribution in [0.4, 0.5) is 0 Å². The Kier molecular flexibility index (Phi) is 5.87. The fraction of sp³-hybridized carbons (Fsp3) is 0.278. The van der Waals surface area contributed by atoms with Gasteiger partial charge in [-0.05, 0) is 55.7 Å². The molecule has 0 radical (unpaired) electrons. The lowest BCUT2D eigenvalue weighted by Gasteiger charge is -2.25. The van der Waals surface area contributed by atoms with Crippen LogP contribution in [0.1, 0.15) is 16.7 Å². The molecule has 0 heterocycles. The normalized spacial score (nSPS) is 13.0. The molecule has 0 aliphatic heterocycles. The van der Waals surface area contributed by atoms with Gasteiger partial charge in [0.05, 0.1) is 4.90 Å². The van der Waals surface area contributed by atoms with E-state index >= 15 is 0 Å². The molecule has 0 saturated carbocycles. The number of aryl methyl sites for hydroxylation is 2. The van der Waals surface area contributed by atoms with Crippen molar-refractivity contribution in [3.8, 4) is 0 Å². The van der Waals surface area contributed by atoms with Crippen LogP contribution in [0.2, 0.25) is 5.02 Å². The number of carboxylic acids is 1. The van der Waals surface area contributed by atoms with Crippen molar-refractivity contribution in [2.45, 2.75) is 31.2 Å². The van der Waals surface area contributed by atoms with Crippen molar-refractivity contribution < 1.29 is 18.3 Å². The molecule has 134 valence electrons. The summed E-state index contributed by atoms with van der Waals surface area (Å²) >= 11 is 5.79. The van der Waals surface area contributed by atoms with Gasteiger partial charge < -0.3 is 5.11 Å². The second-order valence-corrected chi connectivity index (χ2v) is 8.40. The van der Waals surface area contributed by atoms with Gasteiger partial charge in [-0.15, -0.1) is 0 Å². The van der Waals surface area contributed by atoms with Crippen molar-refractivity contribution in [3.63, 3.8) is 0 Å². The van der Waals surface area contributed by atoms with Gasteiger partial charge in [-0.3, -0.25) is 4.79 Å². The van der Waals surface area contributed by atoms with Gasteiger partial charge in [-0.2, -0.15) is 4.31 Å². The van der Waals surface area contributed by atoms with E-state index in [0.29, 0.717) is 5.02 Å². The predicted molar refractivity (Wildman–Crippen MR) is 97.4 cm³/mol. The van der Waals surface area contributed by atoms with Gasteiger partial charge in [0.15, 0.2) is 0 Å². The average molecular weight is 382 g/mol. The molecule has 5 nitrogen and oxygen atoms in total. The maximum absolute atomic E-state index is 12.7. The Morgan fingerprint density at radius 2 is 1.76 bits per heavy atom. The van der Waals surface area contributed by atoms with Crippen molar-refractivity contribution >= 4 is 27.6 Å². The average Bonchev–Trinajstić information content (AvgIpc) is 2.53. The third-order valence-corrected chi connectivity index (χ3v) is 6.26. The first kappa shape index (κ1) is 19.4. The maximum Gasteiger partial charge on any atom is 0.322 e. The van der Waals surface area contributed by atoms with Crippen molar-refractivity contribution in [3.05, 3.63) is 64.2 Å². The molecular weight excluding hydrogens is 362 g/mol. The molecule has 1 unspecified atom stereocenters. The van der Waals surface area contributed by atoms with Crippen molar-refractivity contribution in [2.24, 2.45) is 0 Å². The minimum absolute atomic E-state index is 0.00581. The highest BCUT2D eigenvalue weighted by molar-refractivity contribution is 7.89. The molecule has 0 saturated heterocycles. The number of sulfonamides is 1. The summed E-state index contributed by atoms with van der Waals surface area (Å²) in [4.78, 5) is 11.7. The first-order valence-corrected chi connectivity index (χ1v) is 9.47. The molecule has 0 aliphatic carbocycles. The number of halogens is 1. The van der Waals surface area contributed by atoms with E-state index in [0.717, 1.165) is 21.0 Å². The van der Waals surface area contributed by atoms with Crippen LogP contribution < -0.4 is 0 Å². The third-order valence-electron chi connectivity index (χ3n) is 4.13. The molecule has 0 fully saturated rings. The number of hydrogen-bond acceptors (Lipinski definition) is 3. The molecule has 0 spiro atoms. The number of hydrogen-bond donors (Lipinski definition) is 1. The highest BCUT2D eigenvalue weighted by Crippen LogP contribution is 2.22. The summed E-state index contributed by atoms with van der Waals surface area (Å²) in [6.45, 7) is 3.83. The van der Waals surface area contributed by atoms with Gasteiger partial charge >= 0.3 is 5.97 Å². The van der Waals surface area contributed by atoms with Crippen LogP contribution in [0, 0.1) is 13.8 Å². The second kappa shape index (κ2) is 7.56. The minimum Gasteiger partial charge on any atom is -0.480 e. The topological polar surface area (TPSA) is 74.7 Å². The fourth-order valence-electron chi connectivity index (χ4n) is 2.59. The van der Waals surface area contributed by atoms with E-state index < -0.39 is 22.0 Å². The molecule has 2 aromatic carbocycles. The summed E-state index contributed by atoms with van der Waals surface area (Å²) in [7, 11) is -2.66. The molecule has 1 atom stereocenters. The standard InChI is InChI=1S/C18H20ClNO4S/c1-12-4-5-14(13(2)10-12)11-17(18(21)22)20(3)25(23,24)16-8-6-15(19)7-9-16/h4-10,17H,11H2,1-3H3,(H,21,22). The lowest BCUT2D eigenvalue weighted by molar-refractivity contribution is -0.141. The van der Waals surface area contributed by atoms with Crippen molar-refractivity contribution in [2.75, 3.05) is 7.05 Å². The Balaban J connectivity index is 2.35. The summed E-state index contributed by atoms with van der Waals surface area (Å²) in [5, 5.41) is 9.99. The zero-order valence-electron chi connectivity index (χ0n) is 14.2. The maximum atomic E-state index is 12.7. The molecule has 0 amide bonds. The molecule has 2 rings (SSSR count). The predicted octanol–water partition coefficient (Wildman–Crippen LogP) is 3.27. The van der Waals surface area contributed by atoms with Crippen molar-refractivity contribution in [1.29, 1.82) is 0 Å². The van der Waals surface area contributed by atoms with E-state index in [1.54, 1.807) is 0 Å². The molecular formula is C18H20ClNO4S. The van der Waals surface area contributed by atoms with E-state index in [9.17, 15) is 18.3 Å². The number of rotatable bonds is 6. The summed E-state index contributed by atoms with van der Waals surface area (Å²) in [6.07, 6.45) is 0.0881. The van der Waals surface area contributed by atoms with Gasteiger partial charge in [0.25, 0.3) is 0 Å². The van der Waals surface area contributed by atoms with E-state index in [-0.39, 0.29) is 11.3 Å². The monoisotopic (exact) mass is 381 g/mol. The Bertz CT molecular complexity index is 878. The van der Waals surface area contributed by atoms with E-state index in [1.807, 2.05) is 32.0 Å². The number of aliphatic carboxylic acids is 1. The van der Waals surface area contributed by atoms with Crippen LogP contribution in [-0.4, -0.2) is 36.9 Å². The van der Waals surface area contributed by atoms with Crippen LogP contribution in [-0.2, 0) is 21.2 Å². The molecule has 7 heteroatoms. The van der Waals surface area contributed by atoms with Gasteiger partial charge in [0.1, 0.15) is 6.04 Å². The summed E-state index contributed by atoms with van der Waals surface area (Å²) < 4.78 is 26.4. The van der Waals surface area contributed by atoms with E-state index in [4.69, 9.17) is 11.6 Å². The van der Waals surface area contributed by atoms with E-state index in [1.165, 1.54) is 31.3 Å². The van der Waals surface area contributed by atoms with Crippen LogP contribution in [0.3, 0.4) is 0 Å². The summed E-state index contributed by atoms with van der Waals surface area (Å²) in [6, 6.07) is 10.1. The van der Waals surface area contributed by atoms with Crippen LogP contribution in [0.25, 0.3) is 0 Å². The second-order valence-electron chi connectivity index (χ2n) is 5.96. The van der Waals surface area contributed by atoms with Crippen LogP contribution in [0.5, 0.6) is 0 Å². The quantitative estimate of drug-likeness (QED) is 0.833. The molecule has 25 heavy (non-hydrogen) atoms. The van der Waals surface area contributed by atoms with Crippen molar-refractivity contribution in [1.82, 2.24) is 4.31 Å². The molecule has 2 aromatic rings. The van der Waals surface area contributed by atoms with Crippen LogP contribution in [0.15, 0.2) is 47.4 Å². The fourth-order valence-corrected chi connectivity index (χ4v) is 4.03. The van der Waals surface area contributed by atoms with Crippen LogP contribution >= 0.6 is 11.6 Å². The molecule has 0 bridgehead atoms. The highest BCUT2D eigenvalue weighted by atomic mass is 35.5. The van der Waals surface area contributed by atoms with Gasteiger partial charge in [-0.25, -0.2) is 8.42 Å². The zero-order valence-corrected chi connectivity index (χ0v) is 15.8. The summed E-state index contributed by atoms with van der Waals surface area (Å²) in [5.41, 5.74) is 2.80. The first-order valence-electron chi connectivity index (χ1n) is 7.65. The Hall–Kier alpha value is -1.89. The summed E-state index contributed by atoms with van der Waals surface area (Å²) in [5.74, 6) is -1.19. The number of benzene rings is 2. The zero-order chi connectivity index (χ0) is 18.8.